The first-order chi connectivity index (χ1) is 10.7. The summed E-state index contributed by atoms with van der Waals surface area (Å²) in [5, 5.41) is 8.27. The van der Waals surface area contributed by atoms with E-state index in [0.717, 1.165) is 5.56 Å². The normalized spacial score (nSPS) is 15.0. The monoisotopic (exact) mass is 355 g/mol. The second kappa shape index (κ2) is 7.74. The smallest absolute Gasteiger partial charge is 0.380 e. The molecule has 0 aliphatic rings. The maximum Gasteiger partial charge on any atom is 0.380 e. The fourth-order valence-electron chi connectivity index (χ4n) is 2.36. The van der Waals surface area contributed by atoms with Crippen LogP contribution in [0.1, 0.15) is 25.0 Å². The summed E-state index contributed by atoms with van der Waals surface area (Å²) >= 11 is 0. The van der Waals surface area contributed by atoms with Crippen LogP contribution in [0, 0.1) is 18.3 Å². The fraction of sp³-hybridized carbons (Fsp3) is 0.562. The van der Waals surface area contributed by atoms with Crippen LogP contribution >= 0.6 is 7.60 Å². The van der Waals surface area contributed by atoms with E-state index in [0.29, 0.717) is 5.56 Å². The molecule has 0 amide bonds. The van der Waals surface area contributed by atoms with Crippen molar-refractivity contribution in [2.24, 2.45) is 0 Å². The largest absolute Gasteiger partial charge is 0.388 e. The summed E-state index contributed by atoms with van der Waals surface area (Å²) in [4.78, 5) is 0. The third-order valence-electron chi connectivity index (χ3n) is 3.10. The van der Waals surface area contributed by atoms with E-state index >= 15 is 0 Å². The average molecular weight is 355 g/mol. The van der Waals surface area contributed by atoms with E-state index in [-0.39, 0.29) is 13.2 Å². The van der Waals surface area contributed by atoms with E-state index < -0.39 is 21.3 Å². The molecule has 0 aliphatic heterocycles. The third kappa shape index (κ3) is 4.31. The predicted molar refractivity (Wildman–Crippen MR) is 93.8 cm³/mol. The van der Waals surface area contributed by atoms with Gasteiger partial charge in [-0.25, -0.2) is 0 Å². The van der Waals surface area contributed by atoms with E-state index in [9.17, 15) is 9.83 Å². The van der Waals surface area contributed by atoms with Gasteiger partial charge in [0.25, 0.3) is 5.34 Å². The Morgan fingerprint density at radius 3 is 2.09 bits per heavy atom. The van der Waals surface area contributed by atoms with Gasteiger partial charge in [0.15, 0.2) is 8.32 Å². The molecule has 1 unspecified atom stereocenters. The molecule has 1 atom stereocenters. The second-order valence-electron chi connectivity index (χ2n) is 6.12. The van der Waals surface area contributed by atoms with Crippen molar-refractivity contribution in [1.29, 1.82) is 5.26 Å². The van der Waals surface area contributed by atoms with E-state index in [1.54, 1.807) is 26.0 Å². The highest BCUT2D eigenvalue weighted by Gasteiger charge is 2.57. The van der Waals surface area contributed by atoms with Gasteiger partial charge < -0.3 is 13.5 Å². The van der Waals surface area contributed by atoms with Crippen molar-refractivity contribution in [3.05, 3.63) is 35.4 Å². The van der Waals surface area contributed by atoms with Gasteiger partial charge in [0.2, 0.25) is 0 Å². The van der Waals surface area contributed by atoms with Crippen LogP contribution in [0.4, 0.5) is 0 Å². The molecule has 23 heavy (non-hydrogen) atoms. The highest BCUT2D eigenvalue weighted by Crippen LogP contribution is 2.66. The molecule has 0 N–H and O–H groups in total. The summed E-state index contributed by atoms with van der Waals surface area (Å²) in [6, 6.07) is 9.41. The number of aryl methyl sites for hydroxylation is 1. The van der Waals surface area contributed by atoms with E-state index in [2.05, 4.69) is 6.07 Å². The van der Waals surface area contributed by atoms with Crippen LogP contribution in [-0.4, -0.2) is 21.5 Å². The Balaban J connectivity index is 3.69. The van der Waals surface area contributed by atoms with Gasteiger partial charge in [-0.1, -0.05) is 24.3 Å². The van der Waals surface area contributed by atoms with Crippen LogP contribution in [0.25, 0.3) is 0 Å². The molecule has 128 valence electrons. The van der Waals surface area contributed by atoms with Gasteiger partial charge >= 0.3 is 7.60 Å². The summed E-state index contributed by atoms with van der Waals surface area (Å²) in [5.74, 6) is 0. The first-order valence-corrected chi connectivity index (χ1v) is 12.7. The van der Waals surface area contributed by atoms with Gasteiger partial charge in [-0.3, -0.25) is 4.57 Å². The Kier molecular flexibility index (Phi) is 6.76. The molecule has 0 bridgehead atoms. The van der Waals surface area contributed by atoms with Crippen LogP contribution in [0.2, 0.25) is 19.6 Å². The van der Waals surface area contributed by atoms with E-state index in [4.69, 9.17) is 13.5 Å². The Bertz CT molecular complexity index is 613. The molecule has 0 heterocycles. The summed E-state index contributed by atoms with van der Waals surface area (Å²) in [6.07, 6.45) is 0. The van der Waals surface area contributed by atoms with Crippen molar-refractivity contribution in [2.75, 3.05) is 13.2 Å². The lowest BCUT2D eigenvalue weighted by Gasteiger charge is -2.38. The van der Waals surface area contributed by atoms with Crippen molar-refractivity contribution in [3.63, 3.8) is 0 Å². The lowest BCUT2D eigenvalue weighted by atomic mass is 10.0. The SMILES string of the molecule is CCOP(=O)(OCC)C(C#N)(O[Si](C)(C)C)c1ccccc1C. The van der Waals surface area contributed by atoms with Gasteiger partial charge in [-0.15, -0.1) is 0 Å². The molecule has 1 aromatic carbocycles. The van der Waals surface area contributed by atoms with E-state index in [1.807, 2.05) is 38.7 Å². The van der Waals surface area contributed by atoms with E-state index in [1.165, 1.54) is 0 Å². The second-order valence-corrected chi connectivity index (χ2v) is 12.7. The highest BCUT2D eigenvalue weighted by atomic mass is 31.2. The first-order valence-electron chi connectivity index (χ1n) is 7.72. The number of hydrogen-bond donors (Lipinski definition) is 0. The summed E-state index contributed by atoms with van der Waals surface area (Å²) < 4.78 is 30.7. The van der Waals surface area contributed by atoms with Crippen molar-refractivity contribution in [3.8, 4) is 6.07 Å². The zero-order valence-electron chi connectivity index (χ0n) is 14.8. The van der Waals surface area contributed by atoms with Crippen LogP contribution < -0.4 is 0 Å². The van der Waals surface area contributed by atoms with Crippen LogP contribution in [0.5, 0.6) is 0 Å². The Morgan fingerprint density at radius 2 is 1.70 bits per heavy atom. The zero-order chi connectivity index (χ0) is 17.7. The Hall–Kier alpha value is -0.963. The molecule has 5 nitrogen and oxygen atoms in total. The number of rotatable bonds is 8. The highest BCUT2D eigenvalue weighted by molar-refractivity contribution is 7.55. The predicted octanol–water partition coefficient (Wildman–Crippen LogP) is 4.79. The standard InChI is InChI=1S/C16H26NO4PSi/c1-7-19-22(18,20-8-2)16(13-17,21-23(4,5)6)15-12-10-9-11-14(15)3/h9-12H,7-8H2,1-6H3. The van der Waals surface area contributed by atoms with Gasteiger partial charge in [-0.05, 0) is 46.0 Å². The zero-order valence-corrected chi connectivity index (χ0v) is 16.6. The van der Waals surface area contributed by atoms with Crippen LogP contribution in [0.3, 0.4) is 0 Å². The van der Waals surface area contributed by atoms with Crippen LogP contribution in [-0.2, 0) is 23.4 Å². The van der Waals surface area contributed by atoms with Gasteiger partial charge in [-0.2, -0.15) is 5.26 Å². The molecule has 0 aliphatic carbocycles. The fourth-order valence-corrected chi connectivity index (χ4v) is 6.45. The average Bonchev–Trinajstić information content (AvgIpc) is 2.45. The summed E-state index contributed by atoms with van der Waals surface area (Å²) in [5.41, 5.74) is 1.35. The van der Waals surface area contributed by atoms with Crippen molar-refractivity contribution in [2.45, 2.75) is 45.8 Å². The Labute approximate surface area is 140 Å². The quantitative estimate of drug-likeness (QED) is 0.495. The minimum absolute atomic E-state index is 0.168. The third-order valence-corrected chi connectivity index (χ3v) is 6.59. The molecule has 7 heteroatoms. The van der Waals surface area contributed by atoms with Gasteiger partial charge in [0, 0.05) is 5.56 Å². The van der Waals surface area contributed by atoms with Crippen LogP contribution in [0.15, 0.2) is 24.3 Å². The first kappa shape index (κ1) is 20.1. The van der Waals surface area contributed by atoms with Gasteiger partial charge in [0.1, 0.15) is 6.07 Å². The molecule has 0 saturated heterocycles. The molecular weight excluding hydrogens is 329 g/mol. The van der Waals surface area contributed by atoms with Gasteiger partial charge in [0.05, 0.1) is 13.2 Å². The molecule has 0 fully saturated rings. The number of hydrogen-bond acceptors (Lipinski definition) is 5. The maximum absolute atomic E-state index is 13.5. The minimum Gasteiger partial charge on any atom is -0.388 e. The molecule has 0 spiro atoms. The lowest BCUT2D eigenvalue weighted by Crippen LogP contribution is -2.41. The molecule has 0 radical (unpaired) electrons. The number of nitrogens with zero attached hydrogens (tertiary/aromatic N) is 1. The van der Waals surface area contributed by atoms with Crippen molar-refractivity contribution in [1.82, 2.24) is 0 Å². The summed E-state index contributed by atoms with van der Waals surface area (Å²) in [6.45, 7) is 11.5. The summed E-state index contributed by atoms with van der Waals surface area (Å²) in [7, 11) is -6.10. The molecular formula is C16H26NO4PSi. The molecule has 1 rings (SSSR count). The molecule has 0 aromatic heterocycles. The lowest BCUT2D eigenvalue weighted by molar-refractivity contribution is 0.119. The van der Waals surface area contributed by atoms with Crippen molar-refractivity contribution >= 4 is 15.9 Å². The molecule has 0 saturated carbocycles. The topological polar surface area (TPSA) is 68.5 Å². The number of nitriles is 1. The maximum atomic E-state index is 13.5. The molecule has 1 aromatic rings. The number of benzene rings is 1. The van der Waals surface area contributed by atoms with Crippen molar-refractivity contribution < 1.29 is 18.0 Å². The Morgan fingerprint density at radius 1 is 1.17 bits per heavy atom. The minimum atomic E-state index is -3.85.